The number of aliphatic hydroxyl groups is 1. The van der Waals surface area contributed by atoms with E-state index in [1.807, 2.05) is 12.1 Å². The lowest BCUT2D eigenvalue weighted by Gasteiger charge is -2.10. The van der Waals surface area contributed by atoms with Gasteiger partial charge < -0.3 is 14.6 Å². The van der Waals surface area contributed by atoms with E-state index in [9.17, 15) is 5.11 Å². The molecule has 1 aromatic carbocycles. The Bertz CT molecular complexity index is 413. The van der Waals surface area contributed by atoms with Crippen LogP contribution in [0.1, 0.15) is 18.4 Å². The fraction of sp³-hybridized carbons (Fsp3) is 0.455. The van der Waals surface area contributed by atoms with Crippen LogP contribution in [0.25, 0.3) is 0 Å². The van der Waals surface area contributed by atoms with Crippen molar-refractivity contribution in [3.63, 3.8) is 0 Å². The summed E-state index contributed by atoms with van der Waals surface area (Å²) in [6.45, 7) is 0.287. The fourth-order valence-corrected chi connectivity index (χ4v) is 2.23. The second-order valence-corrected chi connectivity index (χ2v) is 5.05. The predicted molar refractivity (Wildman–Crippen MR) is 58.2 cm³/mol. The SMILES string of the molecule is OC1(Cc2cc3c(cc2Br)OCO3)CC1. The number of rotatable bonds is 2. The first-order valence-electron chi connectivity index (χ1n) is 4.97. The van der Waals surface area contributed by atoms with Crippen LogP contribution in [0.3, 0.4) is 0 Å². The molecule has 0 amide bonds. The van der Waals surface area contributed by atoms with Crippen molar-refractivity contribution in [2.45, 2.75) is 24.9 Å². The van der Waals surface area contributed by atoms with E-state index in [4.69, 9.17) is 9.47 Å². The maximum absolute atomic E-state index is 9.86. The Hall–Kier alpha value is -0.740. The van der Waals surface area contributed by atoms with E-state index in [0.717, 1.165) is 34.4 Å². The number of halogens is 1. The summed E-state index contributed by atoms with van der Waals surface area (Å²) < 4.78 is 11.5. The molecular formula is C11H11BrO3. The molecule has 2 aliphatic rings. The molecule has 1 N–H and O–H groups in total. The molecule has 0 bridgehead atoms. The Morgan fingerprint density at radius 2 is 1.93 bits per heavy atom. The molecule has 3 nitrogen and oxygen atoms in total. The summed E-state index contributed by atoms with van der Waals surface area (Å²) >= 11 is 3.48. The van der Waals surface area contributed by atoms with E-state index in [1.54, 1.807) is 0 Å². The lowest BCUT2D eigenvalue weighted by molar-refractivity contribution is 0.150. The molecular weight excluding hydrogens is 260 g/mol. The maximum Gasteiger partial charge on any atom is 0.231 e. The zero-order chi connectivity index (χ0) is 10.5. The predicted octanol–water partition coefficient (Wildman–Crippen LogP) is 2.25. The molecule has 4 heteroatoms. The van der Waals surface area contributed by atoms with Gasteiger partial charge in [0.25, 0.3) is 0 Å². The smallest absolute Gasteiger partial charge is 0.231 e. The van der Waals surface area contributed by atoms with Crippen molar-refractivity contribution in [1.82, 2.24) is 0 Å². The summed E-state index contributed by atoms with van der Waals surface area (Å²) in [5.41, 5.74) is 0.607. The van der Waals surface area contributed by atoms with E-state index in [0.29, 0.717) is 6.42 Å². The van der Waals surface area contributed by atoms with E-state index in [1.165, 1.54) is 0 Å². The van der Waals surface area contributed by atoms with Gasteiger partial charge in [0.15, 0.2) is 11.5 Å². The lowest BCUT2D eigenvalue weighted by atomic mass is 10.1. The molecule has 0 aromatic heterocycles. The lowest BCUT2D eigenvalue weighted by Crippen LogP contribution is -2.11. The topological polar surface area (TPSA) is 38.7 Å². The Morgan fingerprint density at radius 1 is 1.27 bits per heavy atom. The van der Waals surface area contributed by atoms with Gasteiger partial charge in [0.05, 0.1) is 5.60 Å². The normalized spacial score (nSPS) is 20.4. The van der Waals surface area contributed by atoms with Crippen molar-refractivity contribution >= 4 is 15.9 Å². The molecule has 0 spiro atoms. The van der Waals surface area contributed by atoms with E-state index in [2.05, 4.69) is 15.9 Å². The van der Waals surface area contributed by atoms with Gasteiger partial charge in [-0.25, -0.2) is 0 Å². The Morgan fingerprint density at radius 3 is 2.60 bits per heavy atom. The van der Waals surface area contributed by atoms with Gasteiger partial charge in [-0.05, 0) is 30.5 Å². The first kappa shape index (κ1) is 9.48. The number of ether oxygens (including phenoxy) is 2. The standard InChI is InChI=1S/C11H11BrO3/c12-8-4-10-9(14-6-15-10)3-7(8)5-11(13)1-2-11/h3-4,13H,1-2,5-6H2. The van der Waals surface area contributed by atoms with E-state index < -0.39 is 5.60 Å². The van der Waals surface area contributed by atoms with Crippen LogP contribution in [0.5, 0.6) is 11.5 Å². The zero-order valence-electron chi connectivity index (χ0n) is 8.12. The molecule has 1 heterocycles. The van der Waals surface area contributed by atoms with Crippen molar-refractivity contribution < 1.29 is 14.6 Å². The van der Waals surface area contributed by atoms with Crippen LogP contribution in [0.4, 0.5) is 0 Å². The van der Waals surface area contributed by atoms with Crippen LogP contribution in [0.15, 0.2) is 16.6 Å². The highest BCUT2D eigenvalue weighted by Gasteiger charge is 2.40. The average molecular weight is 271 g/mol. The van der Waals surface area contributed by atoms with Crippen LogP contribution in [0.2, 0.25) is 0 Å². The third-order valence-electron chi connectivity index (χ3n) is 2.89. The maximum atomic E-state index is 9.86. The van der Waals surface area contributed by atoms with Crippen LogP contribution < -0.4 is 9.47 Å². The quantitative estimate of drug-likeness (QED) is 0.896. The summed E-state index contributed by atoms with van der Waals surface area (Å²) in [7, 11) is 0. The molecule has 1 fully saturated rings. The number of hydrogen-bond acceptors (Lipinski definition) is 3. The molecule has 1 aromatic rings. The monoisotopic (exact) mass is 270 g/mol. The van der Waals surface area contributed by atoms with Gasteiger partial charge in [-0.15, -0.1) is 0 Å². The minimum atomic E-state index is -0.476. The summed E-state index contributed by atoms with van der Waals surface area (Å²) in [5.74, 6) is 1.55. The van der Waals surface area contributed by atoms with E-state index >= 15 is 0 Å². The van der Waals surface area contributed by atoms with Crippen LogP contribution in [0, 0.1) is 0 Å². The van der Waals surface area contributed by atoms with Crippen LogP contribution >= 0.6 is 15.9 Å². The summed E-state index contributed by atoms with van der Waals surface area (Å²) in [6.07, 6.45) is 2.48. The minimum absolute atomic E-state index is 0.287. The molecule has 3 rings (SSSR count). The number of fused-ring (bicyclic) bond motifs is 1. The Balaban J connectivity index is 1.94. The van der Waals surface area contributed by atoms with Crippen LogP contribution in [-0.2, 0) is 6.42 Å². The highest BCUT2D eigenvalue weighted by molar-refractivity contribution is 9.10. The largest absolute Gasteiger partial charge is 0.454 e. The van der Waals surface area contributed by atoms with Gasteiger partial charge in [0.2, 0.25) is 6.79 Å². The number of hydrogen-bond donors (Lipinski definition) is 1. The first-order valence-corrected chi connectivity index (χ1v) is 5.76. The molecule has 1 aliphatic carbocycles. The molecule has 1 saturated carbocycles. The molecule has 1 aliphatic heterocycles. The summed E-state index contributed by atoms with van der Waals surface area (Å²) in [6, 6.07) is 3.85. The van der Waals surface area contributed by atoms with Gasteiger partial charge in [0.1, 0.15) is 0 Å². The third kappa shape index (κ3) is 1.72. The van der Waals surface area contributed by atoms with Gasteiger partial charge in [-0.1, -0.05) is 15.9 Å². The summed E-state index contributed by atoms with van der Waals surface area (Å²) in [5, 5.41) is 9.86. The fourth-order valence-electron chi connectivity index (χ4n) is 1.77. The van der Waals surface area contributed by atoms with Crippen molar-refractivity contribution in [1.29, 1.82) is 0 Å². The van der Waals surface area contributed by atoms with Crippen molar-refractivity contribution in [2.75, 3.05) is 6.79 Å². The Labute approximate surface area is 96.1 Å². The van der Waals surface area contributed by atoms with Crippen molar-refractivity contribution in [3.8, 4) is 11.5 Å². The third-order valence-corrected chi connectivity index (χ3v) is 3.63. The average Bonchev–Trinajstić information content (AvgIpc) is 2.74. The zero-order valence-corrected chi connectivity index (χ0v) is 9.71. The molecule has 0 atom stereocenters. The van der Waals surface area contributed by atoms with Crippen molar-refractivity contribution in [2.24, 2.45) is 0 Å². The first-order chi connectivity index (χ1) is 7.16. The molecule has 80 valence electrons. The number of benzene rings is 1. The Kier molecular flexibility index (Phi) is 1.97. The molecule has 0 saturated heterocycles. The molecule has 15 heavy (non-hydrogen) atoms. The summed E-state index contributed by atoms with van der Waals surface area (Å²) in [4.78, 5) is 0. The van der Waals surface area contributed by atoms with E-state index in [-0.39, 0.29) is 6.79 Å². The van der Waals surface area contributed by atoms with Gasteiger partial charge in [-0.2, -0.15) is 0 Å². The molecule has 0 radical (unpaired) electrons. The van der Waals surface area contributed by atoms with Gasteiger partial charge in [-0.3, -0.25) is 0 Å². The van der Waals surface area contributed by atoms with Crippen LogP contribution in [-0.4, -0.2) is 17.5 Å². The molecule has 0 unspecified atom stereocenters. The second-order valence-electron chi connectivity index (χ2n) is 4.20. The minimum Gasteiger partial charge on any atom is -0.454 e. The second kappa shape index (κ2) is 3.12. The van der Waals surface area contributed by atoms with Gasteiger partial charge >= 0.3 is 0 Å². The van der Waals surface area contributed by atoms with Gasteiger partial charge in [0, 0.05) is 10.9 Å². The highest BCUT2D eigenvalue weighted by Crippen LogP contribution is 2.43. The highest BCUT2D eigenvalue weighted by atomic mass is 79.9. The van der Waals surface area contributed by atoms with Crippen molar-refractivity contribution in [3.05, 3.63) is 22.2 Å².